The third-order valence-corrected chi connectivity index (χ3v) is 5.34. The molecule has 3 rings (SSSR count). The number of nitrogens with one attached hydrogen (secondary N) is 1. The molecule has 1 aliphatic heterocycles. The van der Waals surface area contributed by atoms with Crippen molar-refractivity contribution >= 4 is 23.3 Å². The summed E-state index contributed by atoms with van der Waals surface area (Å²) in [6, 6.07) is 5.07. The number of alkyl halides is 3. The molecule has 194 valence electrons. The smallest absolute Gasteiger partial charge is 0.402 e. The second-order valence-electron chi connectivity index (χ2n) is 7.90. The first kappa shape index (κ1) is 27.0. The first-order chi connectivity index (χ1) is 17.2. The third kappa shape index (κ3) is 7.71. The number of halogens is 3. The van der Waals surface area contributed by atoms with Gasteiger partial charge < -0.3 is 25.1 Å². The number of aliphatic imine (C=N–C) groups is 1. The molecular weight excluding hydrogens is 481 g/mol. The number of amides is 1. The van der Waals surface area contributed by atoms with Crippen LogP contribution in [-0.2, 0) is 16.0 Å². The molecule has 0 aliphatic carbocycles. The van der Waals surface area contributed by atoms with E-state index in [4.69, 9.17) is 15.2 Å². The monoisotopic (exact) mass is 508 g/mol. The van der Waals surface area contributed by atoms with Gasteiger partial charge in [-0.05, 0) is 44.0 Å². The summed E-state index contributed by atoms with van der Waals surface area (Å²) >= 11 is 0. The Hall–Kier alpha value is -3.58. The molecule has 3 N–H and O–H groups in total. The first-order valence-corrected chi connectivity index (χ1v) is 11.3. The quantitative estimate of drug-likeness (QED) is 0.393. The van der Waals surface area contributed by atoms with Crippen molar-refractivity contribution in [2.45, 2.75) is 32.5 Å². The topological polar surface area (TPSA) is 134 Å². The molecule has 1 fully saturated rings. The summed E-state index contributed by atoms with van der Waals surface area (Å²) in [5.41, 5.74) is 4.67. The second-order valence-corrected chi connectivity index (χ2v) is 7.90. The number of hydrogen-bond donors (Lipinski definition) is 2. The number of carbonyl (C=O) groups is 1. The highest BCUT2D eigenvalue weighted by atomic mass is 19.4. The molecule has 0 spiro atoms. The largest absolute Gasteiger partial charge is 0.433 e. The first-order valence-electron chi connectivity index (χ1n) is 11.3. The molecule has 36 heavy (non-hydrogen) atoms. The van der Waals surface area contributed by atoms with E-state index in [1.54, 1.807) is 0 Å². The van der Waals surface area contributed by atoms with Crippen LogP contribution in [0.4, 0.5) is 24.8 Å². The van der Waals surface area contributed by atoms with Gasteiger partial charge in [-0.15, -0.1) is 10.2 Å². The van der Waals surface area contributed by atoms with E-state index in [9.17, 15) is 22.8 Å². The van der Waals surface area contributed by atoms with E-state index in [2.05, 4.69) is 20.5 Å². The zero-order chi connectivity index (χ0) is 26.1. The normalized spacial score (nSPS) is 15.7. The van der Waals surface area contributed by atoms with Crippen LogP contribution < -0.4 is 16.6 Å². The fourth-order valence-electron chi connectivity index (χ4n) is 3.40. The molecule has 13 heteroatoms. The highest BCUT2D eigenvalue weighted by Gasteiger charge is 2.35. The van der Waals surface area contributed by atoms with Gasteiger partial charge in [0, 0.05) is 50.2 Å². The Morgan fingerprint density at radius 3 is 2.67 bits per heavy atom. The molecule has 0 unspecified atom stereocenters. The van der Waals surface area contributed by atoms with Gasteiger partial charge in [-0.25, -0.2) is 4.99 Å². The molecule has 1 saturated heterocycles. The van der Waals surface area contributed by atoms with Crippen molar-refractivity contribution in [2.75, 3.05) is 31.7 Å². The summed E-state index contributed by atoms with van der Waals surface area (Å²) in [5, 5.41) is 9.89. The standard InChI is InChI=1S/C23H27F3N6O4/c1-2-35-12-9-32-14-16(3-6-21(32)33)22(34)29-20-5-4-19(30-31-20)28-18(23(24,25)26)13-17(27)15-7-10-36-11-8-15/h3-6,13-15H,2,7-12,27H2,1H3,(H,29,31,34). The lowest BCUT2D eigenvalue weighted by Gasteiger charge is -2.22. The van der Waals surface area contributed by atoms with Crippen LogP contribution in [0.2, 0.25) is 0 Å². The fourth-order valence-corrected chi connectivity index (χ4v) is 3.40. The molecule has 10 nitrogen and oxygen atoms in total. The molecule has 0 aromatic carbocycles. The van der Waals surface area contributed by atoms with Gasteiger partial charge in [-0.1, -0.05) is 0 Å². The fraction of sp³-hybridized carbons (Fsp3) is 0.435. The molecule has 2 aromatic rings. The molecule has 0 radical (unpaired) electrons. The number of nitrogens with zero attached hydrogens (tertiary/aromatic N) is 4. The molecule has 1 aliphatic rings. The zero-order valence-corrected chi connectivity index (χ0v) is 19.6. The molecule has 0 bridgehead atoms. The van der Waals surface area contributed by atoms with E-state index in [0.29, 0.717) is 39.3 Å². The summed E-state index contributed by atoms with van der Waals surface area (Å²) in [6.07, 6.45) is -1.49. The van der Waals surface area contributed by atoms with Crippen LogP contribution >= 0.6 is 0 Å². The number of anilines is 1. The number of hydrogen-bond acceptors (Lipinski definition) is 8. The molecular formula is C23H27F3N6O4. The predicted molar refractivity (Wildman–Crippen MR) is 126 cm³/mol. The average molecular weight is 509 g/mol. The number of nitrogens with two attached hydrogens (primary N) is 1. The Balaban J connectivity index is 1.72. The van der Waals surface area contributed by atoms with Gasteiger partial charge in [0.15, 0.2) is 11.6 Å². The summed E-state index contributed by atoms with van der Waals surface area (Å²) in [7, 11) is 0. The summed E-state index contributed by atoms with van der Waals surface area (Å²) in [6.45, 7) is 3.78. The predicted octanol–water partition coefficient (Wildman–Crippen LogP) is 2.83. The minimum atomic E-state index is -4.75. The van der Waals surface area contributed by atoms with Crippen LogP contribution in [0.15, 0.2) is 52.0 Å². The van der Waals surface area contributed by atoms with E-state index in [1.807, 2.05) is 6.92 Å². The molecule has 0 saturated carbocycles. The Labute approximate surface area is 205 Å². The number of aromatic nitrogens is 3. The number of allylic oxidation sites excluding steroid dienone is 2. The van der Waals surface area contributed by atoms with Crippen molar-refractivity contribution in [3.63, 3.8) is 0 Å². The van der Waals surface area contributed by atoms with E-state index >= 15 is 0 Å². The maximum atomic E-state index is 13.5. The van der Waals surface area contributed by atoms with E-state index in [0.717, 1.165) is 6.08 Å². The summed E-state index contributed by atoms with van der Waals surface area (Å²) < 4.78 is 52.4. The molecule has 3 heterocycles. The number of ether oxygens (including phenoxy) is 2. The van der Waals surface area contributed by atoms with Crippen LogP contribution in [0.3, 0.4) is 0 Å². The van der Waals surface area contributed by atoms with Crippen molar-refractivity contribution in [3.8, 4) is 0 Å². The molecule has 0 atom stereocenters. The maximum Gasteiger partial charge on any atom is 0.433 e. The van der Waals surface area contributed by atoms with Crippen LogP contribution in [0.25, 0.3) is 0 Å². The van der Waals surface area contributed by atoms with E-state index in [1.165, 1.54) is 35.0 Å². The number of carbonyl (C=O) groups excluding carboxylic acids is 1. The second kappa shape index (κ2) is 12.4. The lowest BCUT2D eigenvalue weighted by atomic mass is 9.96. The van der Waals surface area contributed by atoms with Gasteiger partial charge in [0.1, 0.15) is 5.71 Å². The van der Waals surface area contributed by atoms with Gasteiger partial charge in [-0.2, -0.15) is 13.2 Å². The van der Waals surface area contributed by atoms with Crippen LogP contribution in [0.1, 0.15) is 30.1 Å². The minimum Gasteiger partial charge on any atom is -0.402 e. The lowest BCUT2D eigenvalue weighted by molar-refractivity contribution is -0.0577. The third-order valence-electron chi connectivity index (χ3n) is 5.34. The molecule has 2 aromatic heterocycles. The Kier molecular flexibility index (Phi) is 9.31. The Bertz CT molecular complexity index is 1160. The van der Waals surface area contributed by atoms with Crippen LogP contribution in [0, 0.1) is 5.92 Å². The van der Waals surface area contributed by atoms with Gasteiger partial charge >= 0.3 is 6.18 Å². The van der Waals surface area contributed by atoms with Crippen molar-refractivity contribution in [1.82, 2.24) is 14.8 Å². The highest BCUT2D eigenvalue weighted by Crippen LogP contribution is 2.25. The number of rotatable bonds is 9. The Morgan fingerprint density at radius 1 is 1.28 bits per heavy atom. The lowest BCUT2D eigenvalue weighted by Crippen LogP contribution is -2.26. The highest BCUT2D eigenvalue weighted by molar-refractivity contribution is 6.03. The maximum absolute atomic E-state index is 13.5. The van der Waals surface area contributed by atoms with Crippen LogP contribution in [-0.4, -0.2) is 59.0 Å². The van der Waals surface area contributed by atoms with Crippen molar-refractivity contribution in [3.05, 3.63) is 58.2 Å². The SMILES string of the molecule is CCOCCn1cc(C(=O)Nc2ccc(N=C(C=C(N)C3CCOCC3)C(F)(F)F)nn2)ccc1=O. The van der Waals surface area contributed by atoms with Crippen molar-refractivity contribution in [2.24, 2.45) is 16.6 Å². The Morgan fingerprint density at radius 2 is 2.03 bits per heavy atom. The van der Waals surface area contributed by atoms with E-state index in [-0.39, 0.29) is 40.9 Å². The average Bonchev–Trinajstić information content (AvgIpc) is 2.86. The minimum absolute atomic E-state index is 0.00293. The van der Waals surface area contributed by atoms with Gasteiger partial charge in [0.25, 0.3) is 11.5 Å². The van der Waals surface area contributed by atoms with Crippen molar-refractivity contribution < 1.29 is 27.4 Å². The summed E-state index contributed by atoms with van der Waals surface area (Å²) in [4.78, 5) is 28.1. The number of pyridine rings is 1. The van der Waals surface area contributed by atoms with Gasteiger partial charge in [0.2, 0.25) is 0 Å². The van der Waals surface area contributed by atoms with Gasteiger partial charge in [0.05, 0.1) is 12.2 Å². The summed E-state index contributed by atoms with van der Waals surface area (Å²) in [5.74, 6) is -1.10. The zero-order valence-electron chi connectivity index (χ0n) is 19.6. The van der Waals surface area contributed by atoms with Gasteiger partial charge in [-0.3, -0.25) is 9.59 Å². The van der Waals surface area contributed by atoms with E-state index < -0.39 is 17.8 Å². The van der Waals surface area contributed by atoms with Crippen LogP contribution in [0.5, 0.6) is 0 Å². The molecule has 1 amide bonds. The van der Waals surface area contributed by atoms with Crippen molar-refractivity contribution in [1.29, 1.82) is 0 Å².